The van der Waals surface area contributed by atoms with Crippen molar-refractivity contribution in [2.45, 2.75) is 27.2 Å². The summed E-state index contributed by atoms with van der Waals surface area (Å²) in [5.74, 6) is 0.463. The van der Waals surface area contributed by atoms with Crippen molar-refractivity contribution in [1.29, 1.82) is 0 Å². The lowest BCUT2D eigenvalue weighted by Gasteiger charge is -2.21. The van der Waals surface area contributed by atoms with Crippen LogP contribution in [0.25, 0.3) is 0 Å². The number of benzene rings is 1. The summed E-state index contributed by atoms with van der Waals surface area (Å²) in [4.78, 5) is 12.2. The molecule has 0 heterocycles. The first kappa shape index (κ1) is 15.7. The molecule has 19 heavy (non-hydrogen) atoms. The Hall–Kier alpha value is -1.35. The number of carbonyl (C=O) groups excluding carboxylic acids is 1. The SMILES string of the molecule is CC(CO)CNC(=O)C(Cc1ccccc1)C(C)C. The Labute approximate surface area is 116 Å². The van der Waals surface area contributed by atoms with Gasteiger partial charge in [-0.1, -0.05) is 51.1 Å². The van der Waals surface area contributed by atoms with E-state index in [-0.39, 0.29) is 24.3 Å². The molecule has 3 nitrogen and oxygen atoms in total. The van der Waals surface area contributed by atoms with Gasteiger partial charge in [0, 0.05) is 19.1 Å². The van der Waals surface area contributed by atoms with Crippen molar-refractivity contribution >= 4 is 5.91 Å². The van der Waals surface area contributed by atoms with Crippen LogP contribution < -0.4 is 5.32 Å². The molecule has 1 amide bonds. The molecule has 2 atom stereocenters. The van der Waals surface area contributed by atoms with Gasteiger partial charge in [0.25, 0.3) is 0 Å². The van der Waals surface area contributed by atoms with Crippen molar-refractivity contribution in [2.75, 3.05) is 13.2 Å². The van der Waals surface area contributed by atoms with Crippen LogP contribution in [0.15, 0.2) is 30.3 Å². The molecule has 0 saturated heterocycles. The van der Waals surface area contributed by atoms with Crippen LogP contribution in [0.3, 0.4) is 0 Å². The largest absolute Gasteiger partial charge is 0.396 e. The summed E-state index contributed by atoms with van der Waals surface area (Å²) in [6, 6.07) is 10.1. The number of aliphatic hydroxyl groups excluding tert-OH is 1. The Morgan fingerprint density at radius 1 is 1.21 bits per heavy atom. The van der Waals surface area contributed by atoms with E-state index in [0.717, 1.165) is 6.42 Å². The van der Waals surface area contributed by atoms with E-state index in [4.69, 9.17) is 5.11 Å². The molecule has 0 fully saturated rings. The molecule has 1 aromatic carbocycles. The average molecular weight is 263 g/mol. The second-order valence-electron chi connectivity index (χ2n) is 5.57. The molecule has 0 saturated carbocycles. The van der Waals surface area contributed by atoms with Gasteiger partial charge in [-0.3, -0.25) is 4.79 Å². The first-order valence-electron chi connectivity index (χ1n) is 6.97. The minimum absolute atomic E-state index is 0.0201. The third-order valence-corrected chi connectivity index (χ3v) is 3.38. The lowest BCUT2D eigenvalue weighted by molar-refractivity contribution is -0.126. The van der Waals surface area contributed by atoms with E-state index in [1.165, 1.54) is 5.56 Å². The monoisotopic (exact) mass is 263 g/mol. The summed E-state index contributed by atoms with van der Waals surface area (Å²) >= 11 is 0. The first-order chi connectivity index (χ1) is 9.04. The standard InChI is InChI=1S/C16H25NO2/c1-12(2)15(9-14-7-5-4-6-8-14)16(19)17-10-13(3)11-18/h4-8,12-13,15,18H,9-11H2,1-3H3,(H,17,19). The van der Waals surface area contributed by atoms with E-state index >= 15 is 0 Å². The number of nitrogens with one attached hydrogen (secondary N) is 1. The zero-order chi connectivity index (χ0) is 14.3. The third kappa shape index (κ3) is 5.43. The fraction of sp³-hybridized carbons (Fsp3) is 0.562. The molecule has 0 bridgehead atoms. The van der Waals surface area contributed by atoms with Crippen LogP contribution in [0, 0.1) is 17.8 Å². The highest BCUT2D eigenvalue weighted by molar-refractivity contribution is 5.79. The Morgan fingerprint density at radius 3 is 2.37 bits per heavy atom. The molecular weight excluding hydrogens is 238 g/mol. The van der Waals surface area contributed by atoms with Crippen LogP contribution in [0.5, 0.6) is 0 Å². The molecule has 3 heteroatoms. The van der Waals surface area contributed by atoms with Gasteiger partial charge in [0.15, 0.2) is 0 Å². The van der Waals surface area contributed by atoms with Crippen LogP contribution in [-0.4, -0.2) is 24.2 Å². The maximum atomic E-state index is 12.2. The van der Waals surface area contributed by atoms with E-state index < -0.39 is 0 Å². The molecule has 2 N–H and O–H groups in total. The number of aliphatic hydroxyl groups is 1. The molecule has 0 aliphatic heterocycles. The second kappa shape index (κ2) is 7.95. The minimum Gasteiger partial charge on any atom is -0.396 e. The fourth-order valence-corrected chi connectivity index (χ4v) is 1.97. The van der Waals surface area contributed by atoms with E-state index in [0.29, 0.717) is 12.5 Å². The van der Waals surface area contributed by atoms with Gasteiger partial charge in [-0.2, -0.15) is 0 Å². The van der Waals surface area contributed by atoms with E-state index in [1.54, 1.807) is 0 Å². The summed E-state index contributed by atoms with van der Waals surface area (Å²) in [6.07, 6.45) is 0.762. The van der Waals surface area contributed by atoms with Crippen LogP contribution in [-0.2, 0) is 11.2 Å². The van der Waals surface area contributed by atoms with Crippen LogP contribution >= 0.6 is 0 Å². The van der Waals surface area contributed by atoms with Gasteiger partial charge in [0.05, 0.1) is 0 Å². The molecule has 0 radical (unpaired) electrons. The Kier molecular flexibility index (Phi) is 6.57. The summed E-state index contributed by atoms with van der Waals surface area (Å²) in [7, 11) is 0. The number of rotatable bonds is 7. The highest BCUT2D eigenvalue weighted by atomic mass is 16.3. The summed E-state index contributed by atoms with van der Waals surface area (Å²) in [5, 5.41) is 11.9. The zero-order valence-electron chi connectivity index (χ0n) is 12.1. The van der Waals surface area contributed by atoms with Crippen molar-refractivity contribution < 1.29 is 9.90 Å². The number of carbonyl (C=O) groups is 1. The van der Waals surface area contributed by atoms with E-state index in [1.807, 2.05) is 25.1 Å². The average Bonchev–Trinajstić information content (AvgIpc) is 2.42. The van der Waals surface area contributed by atoms with Crippen LogP contribution in [0.4, 0.5) is 0 Å². The molecular formula is C16H25NO2. The van der Waals surface area contributed by atoms with Crippen LogP contribution in [0.2, 0.25) is 0 Å². The number of amides is 1. The molecule has 1 aromatic rings. The van der Waals surface area contributed by atoms with E-state index in [2.05, 4.69) is 31.3 Å². The minimum atomic E-state index is -0.0201. The lowest BCUT2D eigenvalue weighted by Crippen LogP contribution is -2.37. The van der Waals surface area contributed by atoms with Gasteiger partial charge in [-0.05, 0) is 23.8 Å². The Balaban J connectivity index is 2.59. The predicted molar refractivity (Wildman–Crippen MR) is 77.7 cm³/mol. The normalized spacial score (nSPS) is 14.2. The molecule has 0 aromatic heterocycles. The first-order valence-corrected chi connectivity index (χ1v) is 6.97. The summed E-state index contributed by atoms with van der Waals surface area (Å²) < 4.78 is 0. The smallest absolute Gasteiger partial charge is 0.223 e. The van der Waals surface area contributed by atoms with Gasteiger partial charge >= 0.3 is 0 Å². The predicted octanol–water partition coefficient (Wildman–Crippen LogP) is 2.25. The van der Waals surface area contributed by atoms with Gasteiger partial charge in [-0.25, -0.2) is 0 Å². The molecule has 0 spiro atoms. The zero-order valence-corrected chi connectivity index (χ0v) is 12.1. The molecule has 0 aliphatic rings. The van der Waals surface area contributed by atoms with Gasteiger partial charge in [0.2, 0.25) is 5.91 Å². The van der Waals surface area contributed by atoms with Crippen molar-refractivity contribution in [3.05, 3.63) is 35.9 Å². The molecule has 1 rings (SSSR count). The highest BCUT2D eigenvalue weighted by Gasteiger charge is 2.22. The van der Waals surface area contributed by atoms with E-state index in [9.17, 15) is 4.79 Å². The maximum absolute atomic E-state index is 12.2. The quantitative estimate of drug-likeness (QED) is 0.792. The Bertz CT molecular complexity index is 376. The van der Waals surface area contributed by atoms with Crippen molar-refractivity contribution in [3.8, 4) is 0 Å². The second-order valence-corrected chi connectivity index (χ2v) is 5.57. The summed E-state index contributed by atoms with van der Waals surface area (Å²) in [5.41, 5.74) is 1.19. The topological polar surface area (TPSA) is 49.3 Å². The lowest BCUT2D eigenvalue weighted by atomic mass is 9.88. The van der Waals surface area contributed by atoms with Crippen molar-refractivity contribution in [3.63, 3.8) is 0 Å². The van der Waals surface area contributed by atoms with Gasteiger partial charge < -0.3 is 10.4 Å². The number of hydrogen-bond donors (Lipinski definition) is 2. The maximum Gasteiger partial charge on any atom is 0.223 e. The van der Waals surface area contributed by atoms with Gasteiger partial charge in [-0.15, -0.1) is 0 Å². The van der Waals surface area contributed by atoms with Crippen molar-refractivity contribution in [1.82, 2.24) is 5.32 Å². The number of hydrogen-bond acceptors (Lipinski definition) is 2. The van der Waals surface area contributed by atoms with Crippen LogP contribution in [0.1, 0.15) is 26.3 Å². The highest BCUT2D eigenvalue weighted by Crippen LogP contribution is 2.17. The van der Waals surface area contributed by atoms with Crippen molar-refractivity contribution in [2.24, 2.45) is 17.8 Å². The summed E-state index contributed by atoms with van der Waals surface area (Å²) in [6.45, 7) is 6.70. The third-order valence-electron chi connectivity index (χ3n) is 3.38. The molecule has 0 aliphatic carbocycles. The van der Waals surface area contributed by atoms with Gasteiger partial charge in [0.1, 0.15) is 0 Å². The fourth-order valence-electron chi connectivity index (χ4n) is 1.97. The Morgan fingerprint density at radius 2 is 1.84 bits per heavy atom. The molecule has 106 valence electrons. The molecule has 2 unspecified atom stereocenters.